The van der Waals surface area contributed by atoms with Crippen LogP contribution in [0.5, 0.6) is 0 Å². The van der Waals surface area contributed by atoms with Gasteiger partial charge in [0.25, 0.3) is 5.91 Å². The maximum Gasteiger partial charge on any atom is 0.256 e. The van der Waals surface area contributed by atoms with Crippen LogP contribution in [0.2, 0.25) is 0 Å². The Kier molecular flexibility index (Phi) is 4.43. The average molecular weight is 269 g/mol. The molecule has 1 aromatic heterocycles. The maximum absolute atomic E-state index is 12.7. The van der Waals surface area contributed by atoms with Crippen LogP contribution in [-0.4, -0.2) is 17.4 Å². The third kappa shape index (κ3) is 3.64. The highest BCUT2D eigenvalue weighted by Crippen LogP contribution is 2.08. The van der Waals surface area contributed by atoms with E-state index in [4.69, 9.17) is 5.73 Å². The molecule has 0 bridgehead atoms. The number of hydrogen-bond acceptors (Lipinski definition) is 3. The molecule has 0 aliphatic carbocycles. The SMILES string of the molecule is NCC#Cc1ccc(C(=O)Nc2ccc(F)cn2)cc1. The van der Waals surface area contributed by atoms with Gasteiger partial charge in [-0.05, 0) is 36.4 Å². The average Bonchev–Trinajstić information content (AvgIpc) is 2.48. The number of carbonyl (C=O) groups is 1. The van der Waals surface area contributed by atoms with E-state index in [0.717, 1.165) is 11.8 Å². The number of halogens is 1. The first-order chi connectivity index (χ1) is 9.69. The normalized spacial score (nSPS) is 9.50. The Hall–Kier alpha value is -2.71. The van der Waals surface area contributed by atoms with Crippen molar-refractivity contribution < 1.29 is 9.18 Å². The second-order valence-electron chi connectivity index (χ2n) is 3.90. The van der Waals surface area contributed by atoms with Gasteiger partial charge in [-0.15, -0.1) is 0 Å². The Bertz CT molecular complexity index is 654. The van der Waals surface area contributed by atoms with Crippen LogP contribution >= 0.6 is 0 Å². The van der Waals surface area contributed by atoms with Crippen LogP contribution in [0.1, 0.15) is 15.9 Å². The summed E-state index contributed by atoms with van der Waals surface area (Å²) in [7, 11) is 0. The summed E-state index contributed by atoms with van der Waals surface area (Å²) in [6.07, 6.45) is 1.04. The zero-order valence-corrected chi connectivity index (χ0v) is 10.6. The van der Waals surface area contributed by atoms with E-state index in [2.05, 4.69) is 22.1 Å². The summed E-state index contributed by atoms with van der Waals surface area (Å²) in [5.41, 5.74) is 6.53. The summed E-state index contributed by atoms with van der Waals surface area (Å²) in [4.78, 5) is 15.7. The van der Waals surface area contributed by atoms with Gasteiger partial charge in [-0.1, -0.05) is 11.8 Å². The van der Waals surface area contributed by atoms with Crippen LogP contribution in [0.3, 0.4) is 0 Å². The number of carbonyl (C=O) groups excluding carboxylic acids is 1. The summed E-state index contributed by atoms with van der Waals surface area (Å²) in [6.45, 7) is 0.290. The molecule has 20 heavy (non-hydrogen) atoms. The van der Waals surface area contributed by atoms with Crippen molar-refractivity contribution >= 4 is 11.7 Å². The number of aromatic nitrogens is 1. The van der Waals surface area contributed by atoms with Gasteiger partial charge in [0.15, 0.2) is 0 Å². The van der Waals surface area contributed by atoms with Crippen LogP contribution in [0.4, 0.5) is 10.2 Å². The van der Waals surface area contributed by atoms with E-state index in [9.17, 15) is 9.18 Å². The number of rotatable bonds is 2. The lowest BCUT2D eigenvalue weighted by molar-refractivity contribution is 0.102. The Morgan fingerprint density at radius 1 is 1.25 bits per heavy atom. The van der Waals surface area contributed by atoms with Crippen molar-refractivity contribution in [3.63, 3.8) is 0 Å². The summed E-state index contributed by atoms with van der Waals surface area (Å²) >= 11 is 0. The molecule has 0 radical (unpaired) electrons. The molecule has 0 aliphatic heterocycles. The van der Waals surface area contributed by atoms with Crippen molar-refractivity contribution in [1.82, 2.24) is 4.98 Å². The standard InChI is InChI=1S/C15H12FN3O/c16-13-7-8-14(18-10-13)19-15(20)12-5-3-11(4-6-12)2-1-9-17/h3-8,10H,9,17H2,(H,18,19,20). The highest BCUT2D eigenvalue weighted by molar-refractivity contribution is 6.03. The predicted octanol–water partition coefficient (Wildman–Crippen LogP) is 1.78. The fraction of sp³-hybridized carbons (Fsp3) is 0.0667. The molecule has 0 atom stereocenters. The van der Waals surface area contributed by atoms with Gasteiger partial charge in [-0.25, -0.2) is 9.37 Å². The van der Waals surface area contributed by atoms with Crippen molar-refractivity contribution in [2.75, 3.05) is 11.9 Å². The van der Waals surface area contributed by atoms with Crippen LogP contribution in [0, 0.1) is 17.7 Å². The summed E-state index contributed by atoms with van der Waals surface area (Å²) < 4.78 is 12.7. The van der Waals surface area contributed by atoms with Crippen LogP contribution in [-0.2, 0) is 0 Å². The van der Waals surface area contributed by atoms with Gasteiger partial charge in [-0.2, -0.15) is 0 Å². The Labute approximate surface area is 115 Å². The fourth-order valence-electron chi connectivity index (χ4n) is 1.50. The Morgan fingerprint density at radius 3 is 2.60 bits per heavy atom. The minimum absolute atomic E-state index is 0.290. The molecule has 1 aromatic carbocycles. The van der Waals surface area contributed by atoms with Gasteiger partial charge in [0.05, 0.1) is 12.7 Å². The first-order valence-corrected chi connectivity index (χ1v) is 5.91. The number of nitrogens with two attached hydrogens (primary N) is 1. The summed E-state index contributed by atoms with van der Waals surface area (Å²) in [5, 5.41) is 2.58. The van der Waals surface area contributed by atoms with E-state index in [1.807, 2.05) is 0 Å². The first-order valence-electron chi connectivity index (χ1n) is 5.91. The second kappa shape index (κ2) is 6.45. The molecule has 0 spiro atoms. The van der Waals surface area contributed by atoms with Gasteiger partial charge < -0.3 is 11.1 Å². The number of nitrogens with zero attached hydrogens (tertiary/aromatic N) is 1. The number of amides is 1. The maximum atomic E-state index is 12.7. The van der Waals surface area contributed by atoms with Crippen LogP contribution in [0.25, 0.3) is 0 Å². The van der Waals surface area contributed by atoms with Gasteiger partial charge in [-0.3, -0.25) is 4.79 Å². The predicted molar refractivity (Wildman–Crippen MR) is 74.5 cm³/mol. The van der Waals surface area contributed by atoms with E-state index >= 15 is 0 Å². The largest absolute Gasteiger partial charge is 0.320 e. The first kappa shape index (κ1) is 13.7. The molecule has 0 fully saturated rings. The number of pyridine rings is 1. The van der Waals surface area contributed by atoms with E-state index < -0.39 is 5.82 Å². The van der Waals surface area contributed by atoms with Crippen molar-refractivity contribution in [2.24, 2.45) is 5.73 Å². The number of benzene rings is 1. The smallest absolute Gasteiger partial charge is 0.256 e. The molecule has 0 saturated heterocycles. The molecule has 0 aliphatic rings. The molecule has 0 saturated carbocycles. The van der Waals surface area contributed by atoms with Gasteiger partial charge >= 0.3 is 0 Å². The third-order valence-electron chi connectivity index (χ3n) is 2.45. The van der Waals surface area contributed by atoms with Gasteiger partial charge in [0.2, 0.25) is 0 Å². The molecule has 1 heterocycles. The quantitative estimate of drug-likeness (QED) is 0.817. The zero-order valence-electron chi connectivity index (χ0n) is 10.6. The van der Waals surface area contributed by atoms with Gasteiger partial charge in [0.1, 0.15) is 11.6 Å². The zero-order chi connectivity index (χ0) is 14.4. The second-order valence-corrected chi connectivity index (χ2v) is 3.90. The Balaban J connectivity index is 2.07. The van der Waals surface area contributed by atoms with Crippen molar-refractivity contribution in [3.05, 3.63) is 59.5 Å². The molecule has 4 nitrogen and oxygen atoms in total. The lowest BCUT2D eigenvalue weighted by Crippen LogP contribution is -2.12. The molecule has 2 aromatic rings. The lowest BCUT2D eigenvalue weighted by Gasteiger charge is -2.04. The van der Waals surface area contributed by atoms with Crippen LogP contribution in [0.15, 0.2) is 42.6 Å². The van der Waals surface area contributed by atoms with Crippen molar-refractivity contribution in [2.45, 2.75) is 0 Å². The third-order valence-corrected chi connectivity index (χ3v) is 2.45. The fourth-order valence-corrected chi connectivity index (χ4v) is 1.50. The highest BCUT2D eigenvalue weighted by atomic mass is 19.1. The number of anilines is 1. The highest BCUT2D eigenvalue weighted by Gasteiger charge is 2.06. The summed E-state index contributed by atoms with van der Waals surface area (Å²) in [6, 6.07) is 9.40. The van der Waals surface area contributed by atoms with Crippen molar-refractivity contribution in [1.29, 1.82) is 0 Å². The molecular formula is C15H12FN3O. The summed E-state index contributed by atoms with van der Waals surface area (Å²) in [5.74, 6) is 5.12. The molecule has 1 amide bonds. The van der Waals surface area contributed by atoms with E-state index in [1.165, 1.54) is 12.1 Å². The molecule has 3 N–H and O–H groups in total. The van der Waals surface area contributed by atoms with E-state index in [0.29, 0.717) is 17.9 Å². The molecule has 0 unspecified atom stereocenters. The number of nitrogens with one attached hydrogen (secondary N) is 1. The monoisotopic (exact) mass is 269 g/mol. The lowest BCUT2D eigenvalue weighted by atomic mass is 10.1. The van der Waals surface area contributed by atoms with E-state index in [1.54, 1.807) is 24.3 Å². The topological polar surface area (TPSA) is 68.0 Å². The van der Waals surface area contributed by atoms with Crippen LogP contribution < -0.4 is 11.1 Å². The Morgan fingerprint density at radius 2 is 2.00 bits per heavy atom. The minimum atomic E-state index is -0.453. The molecule has 5 heteroatoms. The molecule has 100 valence electrons. The van der Waals surface area contributed by atoms with E-state index in [-0.39, 0.29) is 5.91 Å². The number of hydrogen-bond donors (Lipinski definition) is 2. The van der Waals surface area contributed by atoms with Crippen molar-refractivity contribution in [3.8, 4) is 11.8 Å². The molecular weight excluding hydrogens is 257 g/mol. The van der Waals surface area contributed by atoms with Gasteiger partial charge in [0, 0.05) is 11.1 Å². The molecule has 2 rings (SSSR count). The minimum Gasteiger partial charge on any atom is -0.320 e.